The Kier molecular flexibility index (Phi) is 2.04. The van der Waals surface area contributed by atoms with Gasteiger partial charge in [-0.3, -0.25) is 0 Å². The SMILES string of the molecule is [CH2]C(C)S(=O)(=O)C1CCC1. The first kappa shape index (κ1) is 8.05. The van der Waals surface area contributed by atoms with Crippen molar-refractivity contribution in [1.82, 2.24) is 0 Å². The lowest BCUT2D eigenvalue weighted by Crippen LogP contribution is -2.33. The van der Waals surface area contributed by atoms with Crippen molar-refractivity contribution in [2.75, 3.05) is 0 Å². The number of rotatable bonds is 2. The highest BCUT2D eigenvalue weighted by atomic mass is 32.2. The Labute approximate surface area is 62.5 Å². The van der Waals surface area contributed by atoms with Crippen molar-refractivity contribution < 1.29 is 8.42 Å². The van der Waals surface area contributed by atoms with Gasteiger partial charge in [-0.1, -0.05) is 6.42 Å². The van der Waals surface area contributed by atoms with Crippen LogP contribution in [0.4, 0.5) is 0 Å². The van der Waals surface area contributed by atoms with Gasteiger partial charge >= 0.3 is 0 Å². The second-order valence-corrected chi connectivity index (χ2v) is 5.60. The predicted octanol–water partition coefficient (Wildman–Crippen LogP) is 1.18. The van der Waals surface area contributed by atoms with Gasteiger partial charge in [-0.15, -0.1) is 0 Å². The van der Waals surface area contributed by atoms with Crippen LogP contribution in [0.2, 0.25) is 0 Å². The summed E-state index contributed by atoms with van der Waals surface area (Å²) in [6.45, 7) is 5.17. The summed E-state index contributed by atoms with van der Waals surface area (Å²) in [5.41, 5.74) is 0. The zero-order valence-electron chi connectivity index (χ0n) is 6.21. The lowest BCUT2D eigenvalue weighted by Gasteiger charge is -2.26. The van der Waals surface area contributed by atoms with Gasteiger partial charge < -0.3 is 0 Å². The molecule has 1 saturated carbocycles. The van der Waals surface area contributed by atoms with Gasteiger partial charge in [0.1, 0.15) is 0 Å². The first-order chi connectivity index (χ1) is 4.55. The third kappa shape index (κ3) is 1.19. The minimum absolute atomic E-state index is 0.0694. The van der Waals surface area contributed by atoms with E-state index in [1.54, 1.807) is 6.92 Å². The minimum atomic E-state index is -2.85. The van der Waals surface area contributed by atoms with Crippen molar-refractivity contribution in [1.29, 1.82) is 0 Å². The fourth-order valence-corrected chi connectivity index (χ4v) is 2.68. The normalized spacial score (nSPS) is 21.1. The van der Waals surface area contributed by atoms with Crippen LogP contribution in [0.5, 0.6) is 0 Å². The van der Waals surface area contributed by atoms with Crippen molar-refractivity contribution >= 4 is 9.84 Å². The molecule has 0 heterocycles. The molecule has 1 rings (SSSR count). The summed E-state index contributed by atoms with van der Waals surface area (Å²) in [5, 5.41) is -0.502. The zero-order valence-corrected chi connectivity index (χ0v) is 7.02. The highest BCUT2D eigenvalue weighted by Crippen LogP contribution is 2.28. The molecule has 3 heteroatoms. The molecule has 59 valence electrons. The molecule has 0 aromatic rings. The van der Waals surface area contributed by atoms with Crippen LogP contribution in [0.15, 0.2) is 0 Å². The van der Waals surface area contributed by atoms with Crippen LogP contribution in [-0.2, 0) is 9.84 Å². The molecule has 0 aliphatic heterocycles. The van der Waals surface area contributed by atoms with E-state index in [1.807, 2.05) is 0 Å². The molecule has 10 heavy (non-hydrogen) atoms. The molecule has 1 radical (unpaired) electrons. The van der Waals surface area contributed by atoms with E-state index in [4.69, 9.17) is 0 Å². The van der Waals surface area contributed by atoms with E-state index >= 15 is 0 Å². The van der Waals surface area contributed by atoms with Gasteiger partial charge in [-0.05, 0) is 26.7 Å². The summed E-state index contributed by atoms with van der Waals surface area (Å²) < 4.78 is 22.5. The highest BCUT2D eigenvalue weighted by Gasteiger charge is 2.33. The number of sulfone groups is 1. The van der Waals surface area contributed by atoms with Crippen LogP contribution in [0, 0.1) is 6.92 Å². The van der Waals surface area contributed by atoms with Crippen LogP contribution in [-0.4, -0.2) is 18.9 Å². The van der Waals surface area contributed by atoms with Gasteiger partial charge in [-0.2, -0.15) is 0 Å². The topological polar surface area (TPSA) is 34.1 Å². The third-order valence-electron chi connectivity index (χ3n) is 2.08. The maximum absolute atomic E-state index is 11.3. The summed E-state index contributed by atoms with van der Waals surface area (Å²) in [6.07, 6.45) is 2.76. The standard InChI is InChI=1S/C7H13O2S/c1-6(2)10(8,9)7-4-3-5-7/h6-7H,1,3-5H2,2H3. The average Bonchev–Trinajstić information content (AvgIpc) is 1.57. The molecule has 2 nitrogen and oxygen atoms in total. The van der Waals surface area contributed by atoms with E-state index in [-0.39, 0.29) is 5.25 Å². The molecular formula is C7H13O2S. The van der Waals surface area contributed by atoms with E-state index in [9.17, 15) is 8.42 Å². The molecule has 0 spiro atoms. The molecule has 1 aliphatic rings. The predicted molar refractivity (Wildman–Crippen MR) is 41.4 cm³/mol. The first-order valence-electron chi connectivity index (χ1n) is 3.61. The Hall–Kier alpha value is -0.0500. The summed E-state index contributed by atoms with van der Waals surface area (Å²) >= 11 is 0. The smallest absolute Gasteiger partial charge is 0.155 e. The Balaban J connectivity index is 2.68. The van der Waals surface area contributed by atoms with E-state index < -0.39 is 15.1 Å². The zero-order chi connectivity index (χ0) is 7.78. The minimum Gasteiger partial charge on any atom is -0.228 e. The van der Waals surface area contributed by atoms with Crippen molar-refractivity contribution in [2.45, 2.75) is 36.7 Å². The highest BCUT2D eigenvalue weighted by molar-refractivity contribution is 7.92. The molecule has 0 amide bonds. The second kappa shape index (κ2) is 2.53. The fourth-order valence-electron chi connectivity index (χ4n) is 1.03. The summed E-state index contributed by atoms with van der Waals surface area (Å²) in [6, 6.07) is 0. The van der Waals surface area contributed by atoms with Crippen LogP contribution < -0.4 is 0 Å². The maximum atomic E-state index is 11.3. The molecule has 1 unspecified atom stereocenters. The molecule has 1 fully saturated rings. The maximum Gasteiger partial charge on any atom is 0.155 e. The largest absolute Gasteiger partial charge is 0.228 e. The van der Waals surface area contributed by atoms with Gasteiger partial charge in [0, 0.05) is 0 Å². The summed E-state index contributed by atoms with van der Waals surface area (Å²) in [5.74, 6) is 0. The van der Waals surface area contributed by atoms with Gasteiger partial charge in [0.2, 0.25) is 0 Å². The quantitative estimate of drug-likeness (QED) is 0.609. The first-order valence-corrected chi connectivity index (χ1v) is 5.22. The van der Waals surface area contributed by atoms with Gasteiger partial charge in [0.05, 0.1) is 10.5 Å². The molecule has 0 aromatic carbocycles. The fraction of sp³-hybridized carbons (Fsp3) is 0.857. The molecule has 0 aromatic heterocycles. The summed E-state index contributed by atoms with van der Waals surface area (Å²) in [7, 11) is -2.85. The number of hydrogen-bond acceptors (Lipinski definition) is 2. The van der Waals surface area contributed by atoms with Crippen molar-refractivity contribution in [3.8, 4) is 0 Å². The molecule has 1 atom stereocenters. The van der Waals surface area contributed by atoms with Gasteiger partial charge in [0.25, 0.3) is 0 Å². The lowest BCUT2D eigenvalue weighted by atomic mass is 10.00. The van der Waals surface area contributed by atoms with E-state index in [1.165, 1.54) is 0 Å². The van der Waals surface area contributed by atoms with Crippen LogP contribution in [0.3, 0.4) is 0 Å². The van der Waals surface area contributed by atoms with E-state index in [0.29, 0.717) is 0 Å². The molecular weight excluding hydrogens is 148 g/mol. The van der Waals surface area contributed by atoms with Crippen LogP contribution in [0.1, 0.15) is 26.2 Å². The van der Waals surface area contributed by atoms with E-state index in [0.717, 1.165) is 19.3 Å². The van der Waals surface area contributed by atoms with Gasteiger partial charge in [0.15, 0.2) is 9.84 Å². The number of hydrogen-bond donors (Lipinski definition) is 0. The van der Waals surface area contributed by atoms with Gasteiger partial charge in [-0.25, -0.2) is 8.42 Å². The molecule has 0 saturated heterocycles. The van der Waals surface area contributed by atoms with E-state index in [2.05, 4.69) is 6.92 Å². The monoisotopic (exact) mass is 161 g/mol. The van der Waals surface area contributed by atoms with Crippen molar-refractivity contribution in [3.63, 3.8) is 0 Å². The van der Waals surface area contributed by atoms with Crippen LogP contribution >= 0.6 is 0 Å². The second-order valence-electron chi connectivity index (χ2n) is 2.95. The summed E-state index contributed by atoms with van der Waals surface area (Å²) in [4.78, 5) is 0. The van der Waals surface area contributed by atoms with Crippen LogP contribution in [0.25, 0.3) is 0 Å². The third-order valence-corrected chi connectivity index (χ3v) is 4.60. The Morgan fingerprint density at radius 1 is 1.50 bits per heavy atom. The Morgan fingerprint density at radius 2 is 2.00 bits per heavy atom. The Bertz CT molecular complexity index is 200. The molecule has 0 N–H and O–H groups in total. The molecule has 1 aliphatic carbocycles. The lowest BCUT2D eigenvalue weighted by molar-refractivity contribution is 0.474. The average molecular weight is 161 g/mol. The Morgan fingerprint density at radius 3 is 2.10 bits per heavy atom. The van der Waals surface area contributed by atoms with Crippen molar-refractivity contribution in [2.24, 2.45) is 0 Å². The molecule has 0 bridgehead atoms. The van der Waals surface area contributed by atoms with Crippen molar-refractivity contribution in [3.05, 3.63) is 6.92 Å².